The van der Waals surface area contributed by atoms with Crippen molar-refractivity contribution in [3.8, 4) is 0 Å². The van der Waals surface area contributed by atoms with E-state index in [4.69, 9.17) is 4.89 Å². The number of hydrogen-bond acceptors (Lipinski definition) is 4. The molecule has 4 nitrogen and oxygen atoms in total. The van der Waals surface area contributed by atoms with Crippen LogP contribution in [-0.2, 0) is 9.78 Å². The van der Waals surface area contributed by atoms with Crippen molar-refractivity contribution in [1.82, 2.24) is 0 Å². The largest absolute Gasteiger partial charge is 0.234 e. The molecular weight excluding hydrogens is 146 g/mol. The zero-order valence-corrected chi connectivity index (χ0v) is 7.08. The van der Waals surface area contributed by atoms with Crippen LogP contribution < -0.4 is 0 Å². The van der Waals surface area contributed by atoms with E-state index in [9.17, 15) is 4.91 Å². The highest BCUT2D eigenvalue weighted by Gasteiger charge is 1.99. The van der Waals surface area contributed by atoms with Gasteiger partial charge in [0.15, 0.2) is 0 Å². The van der Waals surface area contributed by atoms with E-state index in [0.717, 1.165) is 19.3 Å². The number of rotatable bonds is 7. The topological polar surface area (TPSA) is 47.9 Å². The zero-order valence-electron chi connectivity index (χ0n) is 7.08. The van der Waals surface area contributed by atoms with Gasteiger partial charge in [-0.05, 0) is 18.5 Å². The fraction of sp³-hybridized carbons (Fsp3) is 1.00. The van der Waals surface area contributed by atoms with Gasteiger partial charge in [-0.3, -0.25) is 0 Å². The SMILES string of the molecule is CCCCCOOC(C)N=O. The summed E-state index contributed by atoms with van der Waals surface area (Å²) in [6.07, 6.45) is 2.52. The zero-order chi connectivity index (χ0) is 8.53. The molecule has 0 bridgehead atoms. The lowest BCUT2D eigenvalue weighted by Gasteiger charge is -2.03. The van der Waals surface area contributed by atoms with E-state index in [-0.39, 0.29) is 0 Å². The lowest BCUT2D eigenvalue weighted by molar-refractivity contribution is -0.319. The van der Waals surface area contributed by atoms with Gasteiger partial charge >= 0.3 is 0 Å². The van der Waals surface area contributed by atoms with Crippen LogP contribution in [0.3, 0.4) is 0 Å². The van der Waals surface area contributed by atoms with Crippen molar-refractivity contribution in [1.29, 1.82) is 0 Å². The van der Waals surface area contributed by atoms with E-state index in [2.05, 4.69) is 17.0 Å². The molecule has 0 heterocycles. The average molecular weight is 161 g/mol. The standard InChI is InChI=1S/C7H15NO3/c1-3-4-5-6-10-11-7(2)8-9/h7H,3-6H2,1-2H3. The molecular formula is C7H15NO3. The molecule has 0 saturated carbocycles. The molecule has 0 aromatic carbocycles. The van der Waals surface area contributed by atoms with Crippen LogP contribution in [0.15, 0.2) is 5.18 Å². The molecule has 0 fully saturated rings. The molecule has 66 valence electrons. The van der Waals surface area contributed by atoms with Crippen molar-refractivity contribution in [3.63, 3.8) is 0 Å². The summed E-state index contributed by atoms with van der Waals surface area (Å²) >= 11 is 0. The lowest BCUT2D eigenvalue weighted by atomic mass is 10.3. The Labute approximate surface area is 66.8 Å². The molecule has 4 heteroatoms. The highest BCUT2D eigenvalue weighted by atomic mass is 17.2. The maximum absolute atomic E-state index is 9.77. The van der Waals surface area contributed by atoms with E-state index in [1.54, 1.807) is 0 Å². The molecule has 0 aliphatic heterocycles. The molecule has 0 aliphatic carbocycles. The van der Waals surface area contributed by atoms with E-state index in [1.807, 2.05) is 0 Å². The normalized spacial score (nSPS) is 12.9. The Kier molecular flexibility index (Phi) is 7.29. The van der Waals surface area contributed by atoms with Gasteiger partial charge in [0.25, 0.3) is 0 Å². The highest BCUT2D eigenvalue weighted by Crippen LogP contribution is 1.97. The number of nitroso groups, excluding NO2 is 1. The number of unbranched alkanes of at least 4 members (excludes halogenated alkanes) is 2. The first-order valence-corrected chi connectivity index (χ1v) is 3.92. The summed E-state index contributed by atoms with van der Waals surface area (Å²) in [7, 11) is 0. The molecule has 0 aromatic rings. The van der Waals surface area contributed by atoms with Gasteiger partial charge in [-0.1, -0.05) is 19.8 Å². The third-order valence-electron chi connectivity index (χ3n) is 1.19. The Balaban J connectivity index is 2.95. The van der Waals surface area contributed by atoms with Crippen LogP contribution in [0.1, 0.15) is 33.1 Å². The maximum Gasteiger partial charge on any atom is 0.220 e. The van der Waals surface area contributed by atoms with Crippen molar-refractivity contribution in [2.24, 2.45) is 5.18 Å². The third kappa shape index (κ3) is 7.42. The second kappa shape index (κ2) is 7.63. The van der Waals surface area contributed by atoms with Crippen LogP contribution in [0, 0.1) is 4.91 Å². The fourth-order valence-corrected chi connectivity index (χ4v) is 0.575. The Morgan fingerprint density at radius 3 is 2.73 bits per heavy atom. The molecule has 0 aromatic heterocycles. The molecule has 0 N–H and O–H groups in total. The summed E-state index contributed by atoms with van der Waals surface area (Å²) in [6.45, 7) is 4.18. The predicted molar refractivity (Wildman–Crippen MR) is 41.8 cm³/mol. The molecule has 1 unspecified atom stereocenters. The van der Waals surface area contributed by atoms with Crippen LogP contribution in [0.5, 0.6) is 0 Å². The van der Waals surface area contributed by atoms with Crippen molar-refractivity contribution >= 4 is 0 Å². The minimum atomic E-state index is -0.698. The average Bonchev–Trinajstić information content (AvgIpc) is 2.04. The Morgan fingerprint density at radius 2 is 2.18 bits per heavy atom. The van der Waals surface area contributed by atoms with Crippen LogP contribution in [0.2, 0.25) is 0 Å². The first kappa shape index (κ1) is 10.5. The minimum absolute atomic E-state index is 0.535. The van der Waals surface area contributed by atoms with Crippen LogP contribution in [-0.4, -0.2) is 12.8 Å². The van der Waals surface area contributed by atoms with Gasteiger partial charge in [0.1, 0.15) is 0 Å². The van der Waals surface area contributed by atoms with Gasteiger partial charge in [0, 0.05) is 0 Å². The smallest absolute Gasteiger partial charge is 0.220 e. The van der Waals surface area contributed by atoms with Gasteiger partial charge in [-0.2, -0.15) is 0 Å². The molecule has 11 heavy (non-hydrogen) atoms. The summed E-state index contributed by atoms with van der Waals surface area (Å²) in [5.41, 5.74) is 0. The van der Waals surface area contributed by atoms with Crippen molar-refractivity contribution in [3.05, 3.63) is 4.91 Å². The highest BCUT2D eigenvalue weighted by molar-refractivity contribution is 4.37. The Hall–Kier alpha value is -0.480. The molecule has 0 saturated heterocycles. The van der Waals surface area contributed by atoms with Gasteiger partial charge in [0.05, 0.1) is 6.61 Å². The van der Waals surface area contributed by atoms with Crippen LogP contribution in [0.4, 0.5) is 0 Å². The quantitative estimate of drug-likeness (QED) is 0.249. The van der Waals surface area contributed by atoms with Crippen molar-refractivity contribution < 1.29 is 9.78 Å². The fourth-order valence-electron chi connectivity index (χ4n) is 0.575. The van der Waals surface area contributed by atoms with Gasteiger partial charge in [0.2, 0.25) is 6.23 Å². The molecule has 1 atom stereocenters. The summed E-state index contributed by atoms with van der Waals surface area (Å²) in [5, 5.41) is 2.61. The summed E-state index contributed by atoms with van der Waals surface area (Å²) in [4.78, 5) is 19.0. The van der Waals surface area contributed by atoms with E-state index < -0.39 is 6.23 Å². The second-order valence-electron chi connectivity index (χ2n) is 2.33. The summed E-state index contributed by atoms with van der Waals surface area (Å²) < 4.78 is 0. The van der Waals surface area contributed by atoms with Crippen molar-refractivity contribution in [2.75, 3.05) is 6.61 Å². The minimum Gasteiger partial charge on any atom is -0.234 e. The number of hydrogen-bond donors (Lipinski definition) is 0. The first-order chi connectivity index (χ1) is 5.31. The first-order valence-electron chi connectivity index (χ1n) is 3.92. The van der Waals surface area contributed by atoms with E-state index in [0.29, 0.717) is 6.61 Å². The van der Waals surface area contributed by atoms with Crippen LogP contribution in [0.25, 0.3) is 0 Å². The summed E-state index contributed by atoms with van der Waals surface area (Å²) in [5.74, 6) is 0. The molecule has 0 rings (SSSR count). The Morgan fingerprint density at radius 1 is 1.45 bits per heavy atom. The second-order valence-corrected chi connectivity index (χ2v) is 2.33. The molecule has 0 spiro atoms. The molecule has 0 amide bonds. The lowest BCUT2D eigenvalue weighted by Crippen LogP contribution is -2.05. The Bertz CT molecular complexity index is 97.7. The van der Waals surface area contributed by atoms with Gasteiger partial charge in [-0.25, -0.2) is 9.78 Å². The van der Waals surface area contributed by atoms with Gasteiger partial charge in [-0.15, -0.1) is 4.91 Å². The third-order valence-corrected chi connectivity index (χ3v) is 1.19. The molecule has 0 radical (unpaired) electrons. The monoisotopic (exact) mass is 161 g/mol. The number of nitrogens with zero attached hydrogens (tertiary/aromatic N) is 1. The maximum atomic E-state index is 9.77. The van der Waals surface area contributed by atoms with Crippen LogP contribution >= 0.6 is 0 Å². The van der Waals surface area contributed by atoms with E-state index >= 15 is 0 Å². The van der Waals surface area contributed by atoms with Gasteiger partial charge < -0.3 is 0 Å². The predicted octanol–water partition coefficient (Wildman–Crippen LogP) is 2.24. The van der Waals surface area contributed by atoms with Crippen molar-refractivity contribution in [2.45, 2.75) is 39.3 Å². The van der Waals surface area contributed by atoms with E-state index in [1.165, 1.54) is 6.92 Å². The summed E-state index contributed by atoms with van der Waals surface area (Å²) in [6, 6.07) is 0. The molecule has 0 aliphatic rings.